The first-order valence-electron chi connectivity index (χ1n) is 6.07. The zero-order valence-electron chi connectivity index (χ0n) is 8.41. The molecule has 13 heavy (non-hydrogen) atoms. The van der Waals surface area contributed by atoms with E-state index in [9.17, 15) is 0 Å². The Balaban J connectivity index is 1.51. The Bertz CT molecular complexity index is 195. The van der Waals surface area contributed by atoms with E-state index in [0.29, 0.717) is 6.04 Å². The first kappa shape index (κ1) is 8.28. The van der Waals surface area contributed by atoms with Gasteiger partial charge < -0.3 is 5.73 Å². The van der Waals surface area contributed by atoms with Gasteiger partial charge in [-0.15, -0.1) is 0 Å². The molecule has 0 radical (unpaired) electrons. The third-order valence-electron chi connectivity index (χ3n) is 4.79. The smallest absolute Gasteiger partial charge is 0.00441 e. The number of nitrogens with two attached hydrogens (primary N) is 1. The molecule has 0 amide bonds. The average Bonchev–Trinajstić information content (AvgIpc) is 2.62. The van der Waals surface area contributed by atoms with Gasteiger partial charge >= 0.3 is 0 Å². The Morgan fingerprint density at radius 3 is 2.38 bits per heavy atom. The monoisotopic (exact) mass is 179 g/mol. The van der Waals surface area contributed by atoms with Crippen LogP contribution in [0.3, 0.4) is 0 Å². The van der Waals surface area contributed by atoms with Gasteiger partial charge in [-0.05, 0) is 62.2 Å². The predicted octanol–water partition coefficient (Wildman–Crippen LogP) is 2.55. The fourth-order valence-electron chi connectivity index (χ4n) is 4.07. The zero-order valence-corrected chi connectivity index (χ0v) is 8.41. The van der Waals surface area contributed by atoms with Crippen LogP contribution in [0.1, 0.15) is 44.9 Å². The van der Waals surface area contributed by atoms with E-state index in [1.165, 1.54) is 19.3 Å². The topological polar surface area (TPSA) is 26.0 Å². The normalized spacial score (nSPS) is 53.8. The summed E-state index contributed by atoms with van der Waals surface area (Å²) in [6.45, 7) is 0. The molecule has 0 spiro atoms. The third kappa shape index (κ3) is 1.41. The second kappa shape index (κ2) is 2.98. The Morgan fingerprint density at radius 1 is 1.00 bits per heavy atom. The minimum absolute atomic E-state index is 0.559. The molecule has 2 bridgehead atoms. The van der Waals surface area contributed by atoms with Crippen LogP contribution in [0.2, 0.25) is 0 Å². The lowest BCUT2D eigenvalue weighted by atomic mass is 9.72. The minimum Gasteiger partial charge on any atom is -0.328 e. The van der Waals surface area contributed by atoms with Crippen LogP contribution in [0.15, 0.2) is 0 Å². The van der Waals surface area contributed by atoms with Crippen molar-refractivity contribution in [1.82, 2.24) is 0 Å². The lowest BCUT2D eigenvalue weighted by Gasteiger charge is -2.36. The van der Waals surface area contributed by atoms with Gasteiger partial charge in [0.15, 0.2) is 0 Å². The highest BCUT2D eigenvalue weighted by atomic mass is 14.7. The zero-order chi connectivity index (χ0) is 8.84. The summed E-state index contributed by atoms with van der Waals surface area (Å²) in [5.74, 6) is 4.38. The molecule has 3 aliphatic rings. The molecule has 0 heterocycles. The molecule has 1 nitrogen and oxygen atoms in total. The van der Waals surface area contributed by atoms with E-state index < -0.39 is 0 Å². The van der Waals surface area contributed by atoms with Crippen LogP contribution in [-0.2, 0) is 0 Å². The molecule has 0 saturated heterocycles. The van der Waals surface area contributed by atoms with Crippen molar-refractivity contribution < 1.29 is 0 Å². The second-order valence-electron chi connectivity index (χ2n) is 5.77. The highest BCUT2D eigenvalue weighted by molar-refractivity contribution is 4.93. The van der Waals surface area contributed by atoms with Crippen LogP contribution in [0.25, 0.3) is 0 Å². The summed E-state index contributed by atoms with van der Waals surface area (Å²) >= 11 is 0. The van der Waals surface area contributed by atoms with Crippen molar-refractivity contribution in [2.24, 2.45) is 29.4 Å². The van der Waals surface area contributed by atoms with Crippen molar-refractivity contribution in [3.05, 3.63) is 0 Å². The van der Waals surface area contributed by atoms with E-state index >= 15 is 0 Å². The standard InChI is InChI=1S/C12H21N/c13-12-6-9(7-12)5-11-4-8-1-2-10(11)3-8/h8-12H,1-7,13H2. The molecule has 1 heteroatoms. The summed E-state index contributed by atoms with van der Waals surface area (Å²) in [7, 11) is 0. The molecule has 0 aromatic carbocycles. The van der Waals surface area contributed by atoms with Gasteiger partial charge in [-0.25, -0.2) is 0 Å². The van der Waals surface area contributed by atoms with Gasteiger partial charge in [0.25, 0.3) is 0 Å². The predicted molar refractivity (Wildman–Crippen MR) is 54.3 cm³/mol. The highest BCUT2D eigenvalue weighted by Gasteiger charge is 2.41. The largest absolute Gasteiger partial charge is 0.328 e. The second-order valence-corrected chi connectivity index (χ2v) is 5.77. The van der Waals surface area contributed by atoms with Gasteiger partial charge in [-0.3, -0.25) is 0 Å². The number of hydrogen-bond donors (Lipinski definition) is 1. The number of fused-ring (bicyclic) bond motifs is 2. The molecule has 0 aliphatic heterocycles. The highest BCUT2D eigenvalue weighted by Crippen LogP contribution is 2.51. The molecule has 3 atom stereocenters. The van der Waals surface area contributed by atoms with Crippen LogP contribution in [-0.4, -0.2) is 6.04 Å². The van der Waals surface area contributed by atoms with E-state index in [0.717, 1.165) is 23.7 Å². The summed E-state index contributed by atoms with van der Waals surface area (Å²) in [5.41, 5.74) is 5.82. The Kier molecular flexibility index (Phi) is 1.90. The molecule has 3 rings (SSSR count). The molecule has 2 N–H and O–H groups in total. The molecule has 3 unspecified atom stereocenters. The molecular formula is C12H21N. The summed E-state index contributed by atoms with van der Waals surface area (Å²) < 4.78 is 0. The van der Waals surface area contributed by atoms with Crippen molar-refractivity contribution in [3.8, 4) is 0 Å². The van der Waals surface area contributed by atoms with E-state index in [1.807, 2.05) is 0 Å². The first-order chi connectivity index (χ1) is 6.31. The van der Waals surface area contributed by atoms with Gasteiger partial charge in [0, 0.05) is 6.04 Å². The minimum atomic E-state index is 0.559. The number of hydrogen-bond acceptors (Lipinski definition) is 1. The summed E-state index contributed by atoms with van der Waals surface area (Å²) in [4.78, 5) is 0. The lowest BCUT2D eigenvalue weighted by Crippen LogP contribution is -2.37. The fourth-order valence-corrected chi connectivity index (χ4v) is 4.07. The SMILES string of the molecule is NC1CC(CC2CC3CCC2C3)C1. The van der Waals surface area contributed by atoms with E-state index in [1.54, 1.807) is 25.7 Å². The van der Waals surface area contributed by atoms with Gasteiger partial charge in [0.2, 0.25) is 0 Å². The lowest BCUT2D eigenvalue weighted by molar-refractivity contribution is 0.181. The van der Waals surface area contributed by atoms with Crippen LogP contribution < -0.4 is 5.73 Å². The van der Waals surface area contributed by atoms with Gasteiger partial charge in [0.05, 0.1) is 0 Å². The van der Waals surface area contributed by atoms with E-state index in [4.69, 9.17) is 5.73 Å². The Hall–Kier alpha value is -0.0400. The van der Waals surface area contributed by atoms with Crippen LogP contribution in [0.4, 0.5) is 0 Å². The molecular weight excluding hydrogens is 158 g/mol. The Morgan fingerprint density at radius 2 is 1.85 bits per heavy atom. The number of rotatable bonds is 2. The quantitative estimate of drug-likeness (QED) is 0.692. The Labute approximate surface area is 81.1 Å². The summed E-state index contributed by atoms with van der Waals surface area (Å²) in [6.07, 6.45) is 10.4. The van der Waals surface area contributed by atoms with E-state index in [2.05, 4.69) is 0 Å². The summed E-state index contributed by atoms with van der Waals surface area (Å²) in [5, 5.41) is 0. The molecule has 0 aromatic rings. The average molecular weight is 179 g/mol. The molecule has 3 saturated carbocycles. The molecule has 3 fully saturated rings. The maximum Gasteiger partial charge on any atom is 0.00441 e. The van der Waals surface area contributed by atoms with Gasteiger partial charge in [-0.1, -0.05) is 6.42 Å². The first-order valence-corrected chi connectivity index (χ1v) is 6.07. The maximum absolute atomic E-state index is 5.82. The van der Waals surface area contributed by atoms with Crippen molar-refractivity contribution in [2.45, 2.75) is 51.0 Å². The molecule has 74 valence electrons. The maximum atomic E-state index is 5.82. The summed E-state index contributed by atoms with van der Waals surface area (Å²) in [6, 6.07) is 0.559. The van der Waals surface area contributed by atoms with Gasteiger partial charge in [0.1, 0.15) is 0 Å². The fraction of sp³-hybridized carbons (Fsp3) is 1.00. The van der Waals surface area contributed by atoms with Crippen molar-refractivity contribution in [1.29, 1.82) is 0 Å². The van der Waals surface area contributed by atoms with E-state index in [-0.39, 0.29) is 0 Å². The van der Waals surface area contributed by atoms with Crippen molar-refractivity contribution in [2.75, 3.05) is 0 Å². The third-order valence-corrected chi connectivity index (χ3v) is 4.79. The van der Waals surface area contributed by atoms with Crippen LogP contribution in [0, 0.1) is 23.7 Å². The van der Waals surface area contributed by atoms with Crippen LogP contribution >= 0.6 is 0 Å². The molecule has 0 aromatic heterocycles. The van der Waals surface area contributed by atoms with Crippen molar-refractivity contribution >= 4 is 0 Å². The van der Waals surface area contributed by atoms with Crippen LogP contribution in [0.5, 0.6) is 0 Å². The molecule has 3 aliphatic carbocycles. The van der Waals surface area contributed by atoms with Gasteiger partial charge in [-0.2, -0.15) is 0 Å². The van der Waals surface area contributed by atoms with Crippen molar-refractivity contribution in [3.63, 3.8) is 0 Å².